The molecule has 112 heavy (non-hydrogen) atoms. The van der Waals surface area contributed by atoms with Crippen LogP contribution in [0.25, 0.3) is 205 Å². The van der Waals surface area contributed by atoms with Gasteiger partial charge in [0.15, 0.2) is 0 Å². The summed E-state index contributed by atoms with van der Waals surface area (Å²) < 4.78 is 10.7. The molecule has 0 aliphatic heterocycles. The van der Waals surface area contributed by atoms with Crippen molar-refractivity contribution in [1.29, 1.82) is 0 Å². The first-order valence-electron chi connectivity index (χ1n) is 38.3. The van der Waals surface area contributed by atoms with Gasteiger partial charge in [-0.25, -0.2) is 0 Å². The smallest absolute Gasteiger partial charge is 0.0617 e. The summed E-state index contributed by atoms with van der Waals surface area (Å²) in [4.78, 5) is 0. The Morgan fingerprint density at radius 1 is 0.143 bits per heavy atom. The fourth-order valence-electron chi connectivity index (χ4n) is 16.9. The van der Waals surface area contributed by atoms with Crippen molar-refractivity contribution in [3.63, 3.8) is 0 Å². The Morgan fingerprint density at radius 3 is 0.884 bits per heavy atom. The molecule has 4 aromatic heterocycles. The molecule has 4 heterocycles. The Morgan fingerprint density at radius 2 is 0.420 bits per heavy atom. The van der Waals surface area contributed by atoms with Crippen molar-refractivity contribution < 1.29 is 0 Å². The van der Waals surface area contributed by atoms with Crippen LogP contribution >= 0.6 is 0 Å². The molecule has 18 aromatic carbocycles. The molecule has 0 saturated carbocycles. The van der Waals surface area contributed by atoms with Crippen LogP contribution < -0.4 is 0 Å². The molecule has 0 atom stereocenters. The summed E-state index contributed by atoms with van der Waals surface area (Å²) in [6, 6.07) is 156. The molecule has 0 unspecified atom stereocenters. The minimum atomic E-state index is 0.242. The summed E-state index contributed by atoms with van der Waals surface area (Å²) >= 11 is 0.487. The summed E-state index contributed by atoms with van der Waals surface area (Å²) in [6.07, 6.45) is 0. The van der Waals surface area contributed by atoms with E-state index in [4.69, 9.17) is 0 Å². The van der Waals surface area contributed by atoms with Crippen LogP contribution in [0.3, 0.4) is 0 Å². The molecule has 0 spiro atoms. The van der Waals surface area contributed by atoms with Gasteiger partial charge in [-0.1, -0.05) is 91.0 Å². The quantitative estimate of drug-likeness (QED) is 0.108. The van der Waals surface area contributed by atoms with E-state index >= 15 is 0 Å². The van der Waals surface area contributed by atoms with Gasteiger partial charge in [-0.15, -0.1) is 0 Å². The number of nitrogens with zero attached hydrogens (tertiary/aromatic N) is 2. The van der Waals surface area contributed by atoms with Crippen LogP contribution in [0, 0.1) is 0 Å². The first-order valence-corrected chi connectivity index (χ1v) is 41.8. The van der Waals surface area contributed by atoms with Crippen LogP contribution in [0.5, 0.6) is 0 Å². The number of hydrogen-bond donors (Lipinski definition) is 0. The van der Waals surface area contributed by atoms with Gasteiger partial charge in [0.05, 0.1) is 0 Å². The second-order valence-corrected chi connectivity index (χ2v) is 33.5. The van der Waals surface area contributed by atoms with Crippen LogP contribution in [0.1, 0.15) is 0 Å². The predicted octanol–water partition coefficient (Wildman–Crippen LogP) is 29.0. The van der Waals surface area contributed by atoms with Gasteiger partial charge in [0, 0.05) is 0 Å². The van der Waals surface area contributed by atoms with Gasteiger partial charge >= 0.3 is 554 Å². The molecular weight excluding hydrogens is 1480 g/mol. The first kappa shape index (κ1) is 66.8. The van der Waals surface area contributed by atoms with E-state index in [2.05, 4.69) is 434 Å². The second-order valence-electron chi connectivity index (χ2n) is 29.0. The molecule has 22 aromatic rings. The Balaban J connectivity index is 0.000000141. The molecule has 22 rings (SSSR count). The Hall–Kier alpha value is -13.4. The van der Waals surface area contributed by atoms with Gasteiger partial charge in [0.1, 0.15) is 0 Å². The van der Waals surface area contributed by atoms with E-state index in [9.17, 15) is 0 Å². The van der Waals surface area contributed by atoms with Crippen LogP contribution in [0.2, 0.25) is 0 Å². The third kappa shape index (κ3) is 12.2. The van der Waals surface area contributed by atoms with Crippen molar-refractivity contribution in [2.24, 2.45) is 0 Å². The van der Waals surface area contributed by atoms with Gasteiger partial charge < -0.3 is 0 Å². The number of benzene rings is 18. The standard InChI is InChI=1S/2C54H35NSe/c1-3-13-36(14-4-1)38-25-28-45(29-26-38)55-51-23-9-7-19-47(51)50-35-41(27-30-52(50)55)43-32-42(40-18-11-17-39(31-40)37-15-5-2-6-16-37)33-44(34-43)46-21-12-22-49-48-20-8-10-24-53(48)56-54(46)49;1-3-13-36(14-4-1)38-25-27-39(28-26-38)42-31-43(33-44(32-42)46-21-12-22-49-48-20-8-10-24-53(48)56-54(46)49)41-29-30-52-50(35-41)47-19-7-9-23-51(47)55(52)45-18-11-17-40(34-45)37-15-5-2-6-16-37/h2*1-35H. The monoisotopic (exact) mass is 1550 g/mol. The Labute approximate surface area is 662 Å². The zero-order valence-corrected chi connectivity index (χ0v) is 64.6. The topological polar surface area (TPSA) is 9.86 Å². The molecule has 0 fully saturated rings. The van der Waals surface area contributed by atoms with Gasteiger partial charge in [0.2, 0.25) is 0 Å². The van der Waals surface area contributed by atoms with Gasteiger partial charge in [-0.05, 0) is 22.3 Å². The van der Waals surface area contributed by atoms with E-state index in [1.54, 1.807) is 0 Å². The van der Waals surface area contributed by atoms with E-state index in [-0.39, 0.29) is 29.0 Å². The predicted molar refractivity (Wildman–Crippen MR) is 480 cm³/mol. The molecule has 0 amide bonds. The van der Waals surface area contributed by atoms with Crippen molar-refractivity contribution in [1.82, 2.24) is 9.13 Å². The average Bonchev–Trinajstić information content (AvgIpc) is 1.59. The van der Waals surface area contributed by atoms with Crippen LogP contribution in [0.15, 0.2) is 425 Å². The third-order valence-corrected chi connectivity index (χ3v) is 27.5. The number of hydrogen-bond acceptors (Lipinski definition) is 0. The zero-order valence-electron chi connectivity index (χ0n) is 61.1. The number of rotatable bonds is 12. The molecule has 524 valence electrons. The molecule has 0 radical (unpaired) electrons. The maximum absolute atomic E-state index is 2.42. The number of aromatic nitrogens is 2. The van der Waals surface area contributed by atoms with E-state index in [1.165, 1.54) is 193 Å². The molecule has 0 aliphatic carbocycles. The fraction of sp³-hybridized carbons (Fsp3) is 0. The minimum Gasteiger partial charge on any atom is -0.0617 e. The Bertz CT molecular complexity index is 7330. The third-order valence-electron chi connectivity index (χ3n) is 22.4. The summed E-state index contributed by atoms with van der Waals surface area (Å²) in [5, 5.41) is 10.5. The van der Waals surface area contributed by atoms with Crippen molar-refractivity contribution in [3.05, 3.63) is 425 Å². The summed E-state index contributed by atoms with van der Waals surface area (Å²) in [7, 11) is 0. The molecule has 0 N–H and O–H groups in total. The molecule has 0 aliphatic rings. The molecule has 0 saturated heterocycles. The second kappa shape index (κ2) is 28.6. The molecule has 0 bridgehead atoms. The fourth-order valence-corrected chi connectivity index (χ4v) is 22.1. The van der Waals surface area contributed by atoms with Gasteiger partial charge in [-0.2, -0.15) is 0 Å². The Kier molecular flexibility index (Phi) is 17.0. The van der Waals surface area contributed by atoms with Gasteiger partial charge in [-0.3, -0.25) is 0 Å². The van der Waals surface area contributed by atoms with Gasteiger partial charge in [0.25, 0.3) is 0 Å². The number of fused-ring (bicyclic) bond motifs is 12. The van der Waals surface area contributed by atoms with Crippen LogP contribution in [-0.4, -0.2) is 38.1 Å². The van der Waals surface area contributed by atoms with E-state index in [1.807, 2.05) is 0 Å². The average molecular weight is 1550 g/mol. The molecular formula is C108H70N2Se2. The maximum atomic E-state index is 2.42. The summed E-state index contributed by atoms with van der Waals surface area (Å²) in [6.45, 7) is 0. The number of para-hydroxylation sites is 2. The SMILES string of the molecule is c1ccc(-c2ccc(-c3cc(-c4ccc5c(c4)c4ccccc4n5-c4cccc(-c5ccccc5)c4)cc(-c4cccc5c4[se]c4ccccc45)c3)cc2)cc1.c1ccc(-c2ccc(-n3c4ccccc4c4cc(-c5cc(-c6cccc(-c7ccccc7)c6)cc(-c6cccc7c6[se]c6ccccc67)c5)ccc43)cc2)cc1. The van der Waals surface area contributed by atoms with E-state index in [0.717, 1.165) is 11.4 Å². The van der Waals surface area contributed by atoms with Crippen LogP contribution in [0.4, 0.5) is 0 Å². The minimum absolute atomic E-state index is 0.242. The summed E-state index contributed by atoms with van der Waals surface area (Å²) in [5.41, 5.74) is 31.8. The normalized spacial score (nSPS) is 11.6. The van der Waals surface area contributed by atoms with Crippen molar-refractivity contribution >= 4 is 111 Å². The summed E-state index contributed by atoms with van der Waals surface area (Å²) in [5.74, 6) is 0. The van der Waals surface area contributed by atoms with Crippen LogP contribution in [-0.2, 0) is 0 Å². The van der Waals surface area contributed by atoms with E-state index in [0.29, 0.717) is 0 Å². The first-order chi connectivity index (χ1) is 55.5. The van der Waals surface area contributed by atoms with E-state index < -0.39 is 0 Å². The molecule has 2 nitrogen and oxygen atoms in total. The zero-order chi connectivity index (χ0) is 74.0. The molecule has 4 heteroatoms. The van der Waals surface area contributed by atoms with Crippen molar-refractivity contribution in [2.45, 2.75) is 0 Å². The van der Waals surface area contributed by atoms with Crippen molar-refractivity contribution in [2.75, 3.05) is 0 Å². The van der Waals surface area contributed by atoms with Crippen molar-refractivity contribution in [3.8, 4) is 123 Å².